The summed E-state index contributed by atoms with van der Waals surface area (Å²) in [6.07, 6.45) is 1.39. The summed E-state index contributed by atoms with van der Waals surface area (Å²) in [5.41, 5.74) is 5.24. The number of primary amides is 1. The van der Waals surface area contributed by atoms with Crippen molar-refractivity contribution in [1.82, 2.24) is 15.1 Å². The third kappa shape index (κ3) is 2.69. The zero-order chi connectivity index (χ0) is 16.6. The molecule has 1 aliphatic heterocycles. The van der Waals surface area contributed by atoms with Crippen molar-refractivity contribution in [3.05, 3.63) is 40.3 Å². The lowest BCUT2D eigenvalue weighted by atomic mass is 9.92. The van der Waals surface area contributed by atoms with Crippen LogP contribution in [0.3, 0.4) is 0 Å². The molecule has 2 amide bonds. The van der Waals surface area contributed by atoms with E-state index in [4.69, 9.17) is 5.73 Å². The molecule has 23 heavy (non-hydrogen) atoms. The Morgan fingerprint density at radius 2 is 1.96 bits per heavy atom. The minimum Gasteiger partial charge on any atom is -0.369 e. The van der Waals surface area contributed by atoms with E-state index in [9.17, 15) is 14.4 Å². The summed E-state index contributed by atoms with van der Waals surface area (Å²) < 4.78 is 0. The Morgan fingerprint density at radius 1 is 1.26 bits per heavy atom. The van der Waals surface area contributed by atoms with Crippen molar-refractivity contribution in [3.63, 3.8) is 0 Å². The third-order valence-electron chi connectivity index (χ3n) is 4.44. The van der Waals surface area contributed by atoms with Crippen LogP contribution in [0.2, 0.25) is 0 Å². The van der Waals surface area contributed by atoms with Gasteiger partial charge in [0.1, 0.15) is 0 Å². The van der Waals surface area contributed by atoms with Gasteiger partial charge in [-0.25, -0.2) is 5.10 Å². The molecule has 120 valence electrons. The zero-order valence-corrected chi connectivity index (χ0v) is 12.8. The highest BCUT2D eigenvalue weighted by atomic mass is 16.2. The number of carbonyl (C=O) groups excluding carboxylic acids is 2. The molecule has 0 radical (unpaired) electrons. The van der Waals surface area contributed by atoms with E-state index < -0.39 is 5.91 Å². The van der Waals surface area contributed by atoms with E-state index in [1.165, 1.54) is 0 Å². The van der Waals surface area contributed by atoms with Gasteiger partial charge in [0.25, 0.3) is 11.5 Å². The van der Waals surface area contributed by atoms with Gasteiger partial charge in [0.2, 0.25) is 5.91 Å². The topological polar surface area (TPSA) is 109 Å². The number of aromatic nitrogens is 2. The van der Waals surface area contributed by atoms with Gasteiger partial charge >= 0.3 is 0 Å². The second-order valence-electron chi connectivity index (χ2n) is 5.93. The average Bonchev–Trinajstić information content (AvgIpc) is 2.55. The average molecular weight is 314 g/mol. The van der Waals surface area contributed by atoms with Gasteiger partial charge in [0.05, 0.1) is 11.3 Å². The molecule has 2 aromatic rings. The fraction of sp³-hybridized carbons (Fsp3) is 0.375. The Kier molecular flexibility index (Phi) is 3.85. The Hall–Kier alpha value is -2.70. The van der Waals surface area contributed by atoms with Crippen LogP contribution in [0.1, 0.15) is 30.3 Å². The standard InChI is InChI=1S/C16H18N4O3/c1-9-6-7-10(14(17)21)8-20(9)16(23)13-11-4-2-3-5-12(11)15(22)19-18-13/h2-5,9-10H,6-8H2,1H3,(H2,17,21)(H,19,22). The van der Waals surface area contributed by atoms with Gasteiger partial charge in [-0.3, -0.25) is 14.4 Å². The first-order chi connectivity index (χ1) is 11.0. The molecule has 1 aliphatic rings. The van der Waals surface area contributed by atoms with Gasteiger partial charge in [-0.05, 0) is 25.8 Å². The number of nitrogens with zero attached hydrogens (tertiary/aromatic N) is 2. The number of amides is 2. The number of H-pyrrole nitrogens is 1. The first kappa shape index (κ1) is 15.2. The Balaban J connectivity index is 2.01. The molecular formula is C16H18N4O3. The minimum absolute atomic E-state index is 0.00871. The van der Waals surface area contributed by atoms with Crippen molar-refractivity contribution in [3.8, 4) is 0 Å². The number of carbonyl (C=O) groups is 2. The van der Waals surface area contributed by atoms with Crippen LogP contribution in [-0.2, 0) is 4.79 Å². The summed E-state index contributed by atoms with van der Waals surface area (Å²) in [4.78, 5) is 37.8. The molecule has 3 rings (SSSR count). The maximum atomic E-state index is 12.9. The van der Waals surface area contributed by atoms with Gasteiger partial charge < -0.3 is 10.6 Å². The van der Waals surface area contributed by atoms with Crippen molar-refractivity contribution in [2.45, 2.75) is 25.8 Å². The predicted molar refractivity (Wildman–Crippen MR) is 84.8 cm³/mol. The first-order valence-corrected chi connectivity index (χ1v) is 7.56. The van der Waals surface area contributed by atoms with Crippen molar-refractivity contribution >= 4 is 22.6 Å². The van der Waals surface area contributed by atoms with Crippen molar-refractivity contribution in [2.24, 2.45) is 11.7 Å². The Bertz CT molecular complexity index is 829. The van der Waals surface area contributed by atoms with E-state index in [0.29, 0.717) is 23.6 Å². The summed E-state index contributed by atoms with van der Waals surface area (Å²) in [5, 5.41) is 7.24. The molecule has 0 aliphatic carbocycles. The number of likely N-dealkylation sites (tertiary alicyclic amines) is 1. The quantitative estimate of drug-likeness (QED) is 0.848. The summed E-state index contributed by atoms with van der Waals surface area (Å²) in [6, 6.07) is 6.83. The van der Waals surface area contributed by atoms with Crippen LogP contribution in [0.15, 0.2) is 29.1 Å². The van der Waals surface area contributed by atoms with E-state index in [-0.39, 0.29) is 35.7 Å². The van der Waals surface area contributed by atoms with Crippen LogP contribution >= 0.6 is 0 Å². The molecule has 2 heterocycles. The normalized spacial score (nSPS) is 21.3. The molecule has 7 heteroatoms. The van der Waals surface area contributed by atoms with Crippen LogP contribution in [-0.4, -0.2) is 39.5 Å². The maximum Gasteiger partial charge on any atom is 0.275 e. The number of nitrogens with one attached hydrogen (secondary N) is 1. The molecular weight excluding hydrogens is 296 g/mol. The molecule has 1 aromatic carbocycles. The molecule has 3 N–H and O–H groups in total. The summed E-state index contributed by atoms with van der Waals surface area (Å²) in [7, 11) is 0. The lowest BCUT2D eigenvalue weighted by Crippen LogP contribution is -2.49. The molecule has 1 fully saturated rings. The van der Waals surface area contributed by atoms with Gasteiger partial charge in [0, 0.05) is 18.0 Å². The molecule has 2 unspecified atom stereocenters. The molecule has 0 saturated carbocycles. The SMILES string of the molecule is CC1CCC(C(N)=O)CN1C(=O)c1n[nH]c(=O)c2ccccc12. The van der Waals surface area contributed by atoms with E-state index in [0.717, 1.165) is 0 Å². The monoisotopic (exact) mass is 314 g/mol. The zero-order valence-electron chi connectivity index (χ0n) is 12.8. The number of aromatic amines is 1. The molecule has 1 saturated heterocycles. The fourth-order valence-electron chi connectivity index (χ4n) is 3.04. The largest absolute Gasteiger partial charge is 0.369 e. The van der Waals surface area contributed by atoms with E-state index >= 15 is 0 Å². The second kappa shape index (κ2) is 5.83. The predicted octanol–water partition coefficient (Wildman–Crippen LogP) is 0.649. The van der Waals surface area contributed by atoms with Crippen molar-refractivity contribution in [2.75, 3.05) is 6.54 Å². The van der Waals surface area contributed by atoms with Crippen LogP contribution in [0, 0.1) is 5.92 Å². The molecule has 1 aromatic heterocycles. The smallest absolute Gasteiger partial charge is 0.275 e. The van der Waals surface area contributed by atoms with E-state index in [1.807, 2.05) is 6.92 Å². The summed E-state index contributed by atoms with van der Waals surface area (Å²) in [5.74, 6) is -1.03. The third-order valence-corrected chi connectivity index (χ3v) is 4.44. The first-order valence-electron chi connectivity index (χ1n) is 7.56. The number of fused-ring (bicyclic) bond motifs is 1. The highest BCUT2D eigenvalue weighted by molar-refractivity contribution is 6.05. The van der Waals surface area contributed by atoms with E-state index in [2.05, 4.69) is 10.2 Å². The van der Waals surface area contributed by atoms with Crippen molar-refractivity contribution in [1.29, 1.82) is 0 Å². The molecule has 2 atom stereocenters. The highest BCUT2D eigenvalue weighted by Gasteiger charge is 2.33. The van der Waals surface area contributed by atoms with Crippen LogP contribution < -0.4 is 11.3 Å². The highest BCUT2D eigenvalue weighted by Crippen LogP contribution is 2.24. The van der Waals surface area contributed by atoms with Crippen LogP contribution in [0.4, 0.5) is 0 Å². The number of hydrogen-bond donors (Lipinski definition) is 2. The number of nitrogens with two attached hydrogens (primary N) is 1. The number of hydrogen-bond acceptors (Lipinski definition) is 4. The Labute approximate surface area is 132 Å². The van der Waals surface area contributed by atoms with Gasteiger partial charge in [0.15, 0.2) is 5.69 Å². The summed E-state index contributed by atoms with van der Waals surface area (Å²) in [6.45, 7) is 2.22. The summed E-state index contributed by atoms with van der Waals surface area (Å²) >= 11 is 0. The second-order valence-corrected chi connectivity index (χ2v) is 5.93. The lowest BCUT2D eigenvalue weighted by molar-refractivity contribution is -0.123. The number of benzene rings is 1. The van der Waals surface area contributed by atoms with Gasteiger partial charge in [-0.1, -0.05) is 18.2 Å². The molecule has 7 nitrogen and oxygen atoms in total. The Morgan fingerprint density at radius 3 is 2.65 bits per heavy atom. The lowest BCUT2D eigenvalue weighted by Gasteiger charge is -2.36. The number of rotatable bonds is 2. The van der Waals surface area contributed by atoms with Gasteiger partial charge in [-0.15, -0.1) is 0 Å². The number of piperidine rings is 1. The van der Waals surface area contributed by atoms with Crippen molar-refractivity contribution < 1.29 is 9.59 Å². The maximum absolute atomic E-state index is 12.9. The molecule has 0 spiro atoms. The van der Waals surface area contributed by atoms with Crippen LogP contribution in [0.25, 0.3) is 10.8 Å². The van der Waals surface area contributed by atoms with Crippen LogP contribution in [0.5, 0.6) is 0 Å². The fourth-order valence-corrected chi connectivity index (χ4v) is 3.04. The van der Waals surface area contributed by atoms with Gasteiger partial charge in [-0.2, -0.15) is 5.10 Å². The minimum atomic E-state index is -0.394. The molecule has 0 bridgehead atoms. The van der Waals surface area contributed by atoms with E-state index in [1.54, 1.807) is 29.2 Å².